The van der Waals surface area contributed by atoms with Gasteiger partial charge in [0.1, 0.15) is 6.67 Å². The van der Waals surface area contributed by atoms with Crippen molar-refractivity contribution in [1.29, 1.82) is 0 Å². The Kier molecular flexibility index (Phi) is 6.77. The molecule has 17 heavy (non-hydrogen) atoms. The molecule has 1 rings (SSSR count). The van der Waals surface area contributed by atoms with Gasteiger partial charge >= 0.3 is 0 Å². The van der Waals surface area contributed by atoms with Crippen molar-refractivity contribution in [3.8, 4) is 0 Å². The zero-order valence-corrected chi connectivity index (χ0v) is 10.1. The van der Waals surface area contributed by atoms with E-state index in [-0.39, 0.29) is 0 Å². The fraction of sp³-hybridized carbons (Fsp3) is 0.538. The minimum atomic E-state index is -0.906. The van der Waals surface area contributed by atoms with Crippen LogP contribution in [-0.2, 0) is 6.54 Å². The van der Waals surface area contributed by atoms with Crippen molar-refractivity contribution in [3.05, 3.63) is 35.9 Å². The monoisotopic (exact) mass is 240 g/mol. The van der Waals surface area contributed by atoms with E-state index in [2.05, 4.69) is 0 Å². The number of benzene rings is 1. The average molecular weight is 240 g/mol. The molecule has 1 aromatic carbocycles. The van der Waals surface area contributed by atoms with Gasteiger partial charge in [0.05, 0.1) is 6.10 Å². The SMILES string of the molecule is NCCCN(Cc1ccccc1)CC(O)CF. The van der Waals surface area contributed by atoms with Gasteiger partial charge in [-0.3, -0.25) is 4.90 Å². The molecule has 3 nitrogen and oxygen atoms in total. The van der Waals surface area contributed by atoms with Crippen molar-refractivity contribution in [2.75, 3.05) is 26.3 Å². The van der Waals surface area contributed by atoms with Gasteiger partial charge in [-0.25, -0.2) is 4.39 Å². The number of nitrogens with zero attached hydrogens (tertiary/aromatic N) is 1. The number of halogens is 1. The van der Waals surface area contributed by atoms with E-state index in [1.54, 1.807) is 0 Å². The first kappa shape index (κ1) is 14.1. The van der Waals surface area contributed by atoms with E-state index >= 15 is 0 Å². The van der Waals surface area contributed by atoms with Crippen molar-refractivity contribution in [2.24, 2.45) is 5.73 Å². The average Bonchev–Trinajstić information content (AvgIpc) is 2.37. The lowest BCUT2D eigenvalue weighted by molar-refractivity contribution is 0.0861. The van der Waals surface area contributed by atoms with Crippen LogP contribution in [0.1, 0.15) is 12.0 Å². The smallest absolute Gasteiger partial charge is 0.117 e. The summed E-state index contributed by atoms with van der Waals surface area (Å²) in [5, 5.41) is 9.36. The summed E-state index contributed by atoms with van der Waals surface area (Å²) < 4.78 is 12.3. The Balaban J connectivity index is 2.50. The van der Waals surface area contributed by atoms with Crippen molar-refractivity contribution >= 4 is 0 Å². The number of alkyl halides is 1. The molecular formula is C13H21FN2O. The Bertz CT molecular complexity index is 295. The van der Waals surface area contributed by atoms with Crippen LogP contribution >= 0.6 is 0 Å². The zero-order chi connectivity index (χ0) is 12.5. The third kappa shape index (κ3) is 5.77. The van der Waals surface area contributed by atoms with E-state index in [9.17, 15) is 9.50 Å². The summed E-state index contributed by atoms with van der Waals surface area (Å²) in [4.78, 5) is 2.03. The molecule has 0 spiro atoms. The maximum atomic E-state index is 12.3. The normalized spacial score (nSPS) is 12.9. The minimum absolute atomic E-state index is 0.353. The van der Waals surface area contributed by atoms with E-state index in [0.717, 1.165) is 25.1 Å². The first-order valence-electron chi connectivity index (χ1n) is 5.96. The predicted molar refractivity (Wildman–Crippen MR) is 67.4 cm³/mol. The summed E-state index contributed by atoms with van der Waals surface area (Å²) >= 11 is 0. The molecule has 0 radical (unpaired) electrons. The summed E-state index contributed by atoms with van der Waals surface area (Å²) in [6, 6.07) is 9.96. The number of hydrogen-bond donors (Lipinski definition) is 2. The molecular weight excluding hydrogens is 219 g/mol. The van der Waals surface area contributed by atoms with Gasteiger partial charge < -0.3 is 10.8 Å². The van der Waals surface area contributed by atoms with E-state index in [1.807, 2.05) is 35.2 Å². The van der Waals surface area contributed by atoms with Gasteiger partial charge in [0.25, 0.3) is 0 Å². The fourth-order valence-electron chi connectivity index (χ4n) is 1.74. The molecule has 0 aliphatic rings. The highest BCUT2D eigenvalue weighted by molar-refractivity contribution is 5.14. The summed E-state index contributed by atoms with van der Waals surface area (Å²) in [5.74, 6) is 0. The summed E-state index contributed by atoms with van der Waals surface area (Å²) in [5.41, 5.74) is 6.63. The number of rotatable bonds is 8. The molecule has 0 aromatic heterocycles. The quantitative estimate of drug-likeness (QED) is 0.717. The van der Waals surface area contributed by atoms with Crippen LogP contribution in [0.5, 0.6) is 0 Å². The van der Waals surface area contributed by atoms with E-state index in [1.165, 1.54) is 0 Å². The lowest BCUT2D eigenvalue weighted by atomic mass is 10.2. The molecule has 0 aliphatic carbocycles. The Morgan fingerprint density at radius 1 is 1.29 bits per heavy atom. The van der Waals surface area contributed by atoms with Gasteiger partial charge in [-0.1, -0.05) is 30.3 Å². The lowest BCUT2D eigenvalue weighted by Gasteiger charge is -2.23. The Hall–Kier alpha value is -0.970. The van der Waals surface area contributed by atoms with Crippen molar-refractivity contribution in [3.63, 3.8) is 0 Å². The summed E-state index contributed by atoms with van der Waals surface area (Å²) in [6.07, 6.45) is -0.0530. The number of nitrogens with two attached hydrogens (primary N) is 1. The second-order valence-electron chi connectivity index (χ2n) is 4.17. The van der Waals surface area contributed by atoms with Crippen molar-refractivity contribution < 1.29 is 9.50 Å². The van der Waals surface area contributed by atoms with Crippen LogP contribution in [0.4, 0.5) is 4.39 Å². The second-order valence-corrected chi connectivity index (χ2v) is 4.17. The standard InChI is InChI=1S/C13H21FN2O/c14-9-13(17)11-16(8-4-7-15)10-12-5-2-1-3-6-12/h1-3,5-6,13,17H,4,7-11,15H2. The molecule has 0 fully saturated rings. The molecule has 3 N–H and O–H groups in total. The Labute approximate surface area is 102 Å². The van der Waals surface area contributed by atoms with Crippen LogP contribution in [0.25, 0.3) is 0 Å². The fourth-order valence-corrected chi connectivity index (χ4v) is 1.74. The number of aliphatic hydroxyl groups excluding tert-OH is 1. The molecule has 96 valence electrons. The summed E-state index contributed by atoms with van der Waals surface area (Å²) in [7, 11) is 0. The number of hydrogen-bond acceptors (Lipinski definition) is 3. The Morgan fingerprint density at radius 3 is 2.59 bits per heavy atom. The highest BCUT2D eigenvalue weighted by Gasteiger charge is 2.11. The topological polar surface area (TPSA) is 49.5 Å². The van der Waals surface area contributed by atoms with Gasteiger partial charge in [0.15, 0.2) is 0 Å². The predicted octanol–water partition coefficient (Wildman–Crippen LogP) is 1.17. The molecule has 0 saturated carbocycles. The van der Waals surface area contributed by atoms with Crippen LogP contribution in [0.3, 0.4) is 0 Å². The third-order valence-electron chi connectivity index (χ3n) is 2.57. The van der Waals surface area contributed by atoms with E-state index < -0.39 is 12.8 Å². The molecule has 0 amide bonds. The third-order valence-corrected chi connectivity index (χ3v) is 2.57. The maximum absolute atomic E-state index is 12.3. The largest absolute Gasteiger partial charge is 0.389 e. The van der Waals surface area contributed by atoms with Gasteiger partial charge in [0, 0.05) is 13.1 Å². The molecule has 4 heteroatoms. The minimum Gasteiger partial charge on any atom is -0.389 e. The van der Waals surface area contributed by atoms with Gasteiger partial charge in [0.2, 0.25) is 0 Å². The molecule has 0 heterocycles. The van der Waals surface area contributed by atoms with Crippen LogP contribution in [0.15, 0.2) is 30.3 Å². The highest BCUT2D eigenvalue weighted by atomic mass is 19.1. The first-order chi connectivity index (χ1) is 8.26. The molecule has 1 aromatic rings. The lowest BCUT2D eigenvalue weighted by Crippen LogP contribution is -2.34. The molecule has 0 saturated heterocycles. The molecule has 1 atom stereocenters. The highest BCUT2D eigenvalue weighted by Crippen LogP contribution is 2.06. The van der Waals surface area contributed by atoms with Gasteiger partial charge in [-0.2, -0.15) is 0 Å². The van der Waals surface area contributed by atoms with Crippen LogP contribution in [0, 0.1) is 0 Å². The van der Waals surface area contributed by atoms with Crippen LogP contribution < -0.4 is 5.73 Å². The summed E-state index contributed by atoms with van der Waals surface area (Å²) in [6.45, 7) is 1.76. The first-order valence-corrected chi connectivity index (χ1v) is 5.96. The van der Waals surface area contributed by atoms with Gasteiger partial charge in [-0.15, -0.1) is 0 Å². The second kappa shape index (κ2) is 8.17. The Morgan fingerprint density at radius 2 is 2.00 bits per heavy atom. The van der Waals surface area contributed by atoms with E-state index in [0.29, 0.717) is 13.1 Å². The van der Waals surface area contributed by atoms with Gasteiger partial charge in [-0.05, 0) is 25.1 Å². The molecule has 0 aliphatic heterocycles. The van der Waals surface area contributed by atoms with Crippen LogP contribution in [-0.4, -0.2) is 42.4 Å². The van der Waals surface area contributed by atoms with Crippen molar-refractivity contribution in [2.45, 2.75) is 19.1 Å². The molecule has 1 unspecified atom stereocenters. The number of aliphatic hydroxyl groups is 1. The van der Waals surface area contributed by atoms with E-state index in [4.69, 9.17) is 5.73 Å². The zero-order valence-electron chi connectivity index (χ0n) is 10.1. The molecule has 0 bridgehead atoms. The van der Waals surface area contributed by atoms with Crippen LogP contribution in [0.2, 0.25) is 0 Å². The maximum Gasteiger partial charge on any atom is 0.117 e. The van der Waals surface area contributed by atoms with Crippen molar-refractivity contribution in [1.82, 2.24) is 4.90 Å².